The van der Waals surface area contributed by atoms with E-state index in [1.165, 1.54) is 4.68 Å². The third kappa shape index (κ3) is 4.96. The minimum Gasteiger partial charge on any atom is -0.497 e. The number of methoxy groups -OCH3 is 1. The summed E-state index contributed by atoms with van der Waals surface area (Å²) >= 11 is 0. The lowest BCUT2D eigenvalue weighted by Crippen LogP contribution is -2.23. The molecule has 0 saturated carbocycles. The van der Waals surface area contributed by atoms with Crippen LogP contribution in [0.1, 0.15) is 16.1 Å². The Morgan fingerprint density at radius 2 is 1.66 bits per heavy atom. The zero-order chi connectivity index (χ0) is 28.3. The first-order valence-electron chi connectivity index (χ1n) is 12.9. The number of para-hydroxylation sites is 1. The van der Waals surface area contributed by atoms with Gasteiger partial charge in [0.1, 0.15) is 22.8 Å². The standard InChI is InChI=1S/C32H25N5O4/c1-36-31(21-12-15-33-16-13-21)30(32(39)37(36)23-6-4-3-5-7-23)28(38)18-22-8-9-25(20-35-22)41-29-14-17-34-27-19-24(40-2)10-11-26(27)29/h3-17,19-20H,18H2,1-2H3. The number of ether oxygens (including phenoxy) is 2. The molecule has 0 radical (unpaired) electrons. The van der Waals surface area contributed by atoms with Crippen molar-refractivity contribution in [2.45, 2.75) is 6.42 Å². The van der Waals surface area contributed by atoms with Gasteiger partial charge in [0, 0.05) is 48.3 Å². The van der Waals surface area contributed by atoms with E-state index >= 15 is 0 Å². The zero-order valence-corrected chi connectivity index (χ0v) is 22.4. The number of carbonyl (C=O) groups excluding carboxylic acids is 1. The van der Waals surface area contributed by atoms with Crippen molar-refractivity contribution in [2.24, 2.45) is 7.05 Å². The smallest absolute Gasteiger partial charge is 0.282 e. The van der Waals surface area contributed by atoms with Crippen molar-refractivity contribution in [1.82, 2.24) is 24.3 Å². The third-order valence-electron chi connectivity index (χ3n) is 6.78. The fourth-order valence-corrected chi connectivity index (χ4v) is 4.83. The minimum atomic E-state index is -0.392. The summed E-state index contributed by atoms with van der Waals surface area (Å²) in [6.45, 7) is 0. The Balaban J connectivity index is 1.29. The van der Waals surface area contributed by atoms with E-state index < -0.39 is 5.56 Å². The molecule has 0 fully saturated rings. The Morgan fingerprint density at radius 3 is 2.39 bits per heavy atom. The molecule has 6 aromatic rings. The van der Waals surface area contributed by atoms with Crippen LogP contribution in [0, 0.1) is 0 Å². The lowest BCUT2D eigenvalue weighted by Gasteiger charge is -2.10. The average Bonchev–Trinajstić information content (AvgIpc) is 3.28. The number of fused-ring (bicyclic) bond motifs is 1. The van der Waals surface area contributed by atoms with Crippen molar-refractivity contribution >= 4 is 16.7 Å². The van der Waals surface area contributed by atoms with Crippen LogP contribution in [-0.2, 0) is 13.5 Å². The summed E-state index contributed by atoms with van der Waals surface area (Å²) in [4.78, 5) is 40.3. The van der Waals surface area contributed by atoms with Crippen LogP contribution in [0.3, 0.4) is 0 Å². The number of pyridine rings is 3. The van der Waals surface area contributed by atoms with Crippen LogP contribution in [0.4, 0.5) is 0 Å². The van der Waals surface area contributed by atoms with Gasteiger partial charge in [-0.1, -0.05) is 18.2 Å². The molecular formula is C32H25N5O4. The van der Waals surface area contributed by atoms with Crippen LogP contribution in [-0.4, -0.2) is 37.2 Å². The monoisotopic (exact) mass is 543 g/mol. The number of carbonyl (C=O) groups is 1. The Bertz CT molecular complexity index is 1910. The maximum atomic E-state index is 13.7. The van der Waals surface area contributed by atoms with Gasteiger partial charge in [-0.2, -0.15) is 0 Å². The van der Waals surface area contributed by atoms with Crippen molar-refractivity contribution in [3.8, 4) is 34.2 Å². The largest absolute Gasteiger partial charge is 0.497 e. The zero-order valence-electron chi connectivity index (χ0n) is 22.4. The first-order chi connectivity index (χ1) is 20.0. The highest BCUT2D eigenvalue weighted by Crippen LogP contribution is 2.31. The number of nitrogens with zero attached hydrogens (tertiary/aromatic N) is 5. The molecule has 202 valence electrons. The lowest BCUT2D eigenvalue weighted by molar-refractivity contribution is 0.0991. The van der Waals surface area contributed by atoms with Crippen molar-refractivity contribution in [2.75, 3.05) is 7.11 Å². The van der Waals surface area contributed by atoms with Gasteiger partial charge in [0.25, 0.3) is 5.56 Å². The van der Waals surface area contributed by atoms with E-state index in [9.17, 15) is 9.59 Å². The summed E-state index contributed by atoms with van der Waals surface area (Å²) in [6.07, 6.45) is 6.45. The van der Waals surface area contributed by atoms with E-state index in [0.717, 1.165) is 16.5 Å². The molecule has 0 saturated heterocycles. The maximum Gasteiger partial charge on any atom is 0.282 e. The predicted molar refractivity (Wildman–Crippen MR) is 155 cm³/mol. The number of rotatable bonds is 8. The molecular weight excluding hydrogens is 518 g/mol. The molecule has 9 nitrogen and oxygen atoms in total. The van der Waals surface area contributed by atoms with Gasteiger partial charge in [0.15, 0.2) is 5.78 Å². The molecule has 4 heterocycles. The number of hydrogen-bond acceptors (Lipinski definition) is 7. The second-order valence-electron chi connectivity index (χ2n) is 9.32. The number of aromatic nitrogens is 5. The molecule has 0 bridgehead atoms. The predicted octanol–water partition coefficient (Wildman–Crippen LogP) is 5.41. The average molecular weight is 544 g/mol. The Kier molecular flexibility index (Phi) is 6.83. The van der Waals surface area contributed by atoms with Crippen LogP contribution < -0.4 is 15.0 Å². The topological polar surface area (TPSA) is 101 Å². The summed E-state index contributed by atoms with van der Waals surface area (Å²) in [5, 5.41) is 0.829. The molecule has 41 heavy (non-hydrogen) atoms. The highest BCUT2D eigenvalue weighted by Gasteiger charge is 2.26. The van der Waals surface area contributed by atoms with Gasteiger partial charge in [0.05, 0.1) is 36.6 Å². The second-order valence-corrected chi connectivity index (χ2v) is 9.32. The number of benzene rings is 2. The maximum absolute atomic E-state index is 13.7. The van der Waals surface area contributed by atoms with Crippen molar-refractivity contribution in [3.63, 3.8) is 0 Å². The minimum absolute atomic E-state index is 0.0512. The number of hydrogen-bond donors (Lipinski definition) is 0. The summed E-state index contributed by atoms with van der Waals surface area (Å²) in [5.41, 5.74) is 2.87. The van der Waals surface area contributed by atoms with Crippen LogP contribution in [0.25, 0.3) is 27.8 Å². The summed E-state index contributed by atoms with van der Waals surface area (Å²) in [7, 11) is 3.38. The Morgan fingerprint density at radius 1 is 0.878 bits per heavy atom. The van der Waals surface area contributed by atoms with Crippen LogP contribution >= 0.6 is 0 Å². The van der Waals surface area contributed by atoms with E-state index in [4.69, 9.17) is 9.47 Å². The fourth-order valence-electron chi connectivity index (χ4n) is 4.83. The van der Waals surface area contributed by atoms with Crippen molar-refractivity contribution < 1.29 is 14.3 Å². The highest BCUT2D eigenvalue weighted by molar-refractivity contribution is 6.02. The first kappa shape index (κ1) is 25.7. The summed E-state index contributed by atoms with van der Waals surface area (Å²) in [5.74, 6) is 1.50. The molecule has 6 rings (SSSR count). The van der Waals surface area contributed by atoms with Gasteiger partial charge in [-0.15, -0.1) is 0 Å². The molecule has 9 heteroatoms. The quantitative estimate of drug-likeness (QED) is 0.237. The Hall–Kier alpha value is -5.57. The summed E-state index contributed by atoms with van der Waals surface area (Å²) < 4.78 is 14.6. The van der Waals surface area contributed by atoms with Gasteiger partial charge in [-0.05, 0) is 54.6 Å². The Labute approximate surface area is 235 Å². The molecule has 0 unspecified atom stereocenters. The van der Waals surface area contributed by atoms with Crippen LogP contribution in [0.2, 0.25) is 0 Å². The molecule has 0 aliphatic heterocycles. The molecule has 4 aromatic heterocycles. The molecule has 0 aliphatic carbocycles. The molecule has 0 N–H and O–H groups in total. The van der Waals surface area contributed by atoms with E-state index in [0.29, 0.717) is 34.3 Å². The molecule has 0 spiro atoms. The number of ketones is 1. The summed E-state index contributed by atoms with van der Waals surface area (Å²) in [6, 6.07) is 23.6. The second kappa shape index (κ2) is 10.9. The first-order valence-corrected chi connectivity index (χ1v) is 12.9. The molecule has 2 aromatic carbocycles. The van der Waals surface area contributed by atoms with E-state index in [-0.39, 0.29) is 17.8 Å². The van der Waals surface area contributed by atoms with Crippen LogP contribution in [0.15, 0.2) is 108 Å². The third-order valence-corrected chi connectivity index (χ3v) is 6.78. The lowest BCUT2D eigenvalue weighted by atomic mass is 10.0. The van der Waals surface area contributed by atoms with Crippen molar-refractivity contribution in [3.05, 3.63) is 125 Å². The molecule has 0 aliphatic rings. The number of Topliss-reactive ketones (excluding diaryl/α,β-unsaturated/α-hetero) is 1. The van der Waals surface area contributed by atoms with Gasteiger partial charge in [-0.3, -0.25) is 29.2 Å². The van der Waals surface area contributed by atoms with Gasteiger partial charge < -0.3 is 9.47 Å². The van der Waals surface area contributed by atoms with E-state index in [1.807, 2.05) is 48.5 Å². The van der Waals surface area contributed by atoms with E-state index in [2.05, 4.69) is 15.0 Å². The molecule has 0 amide bonds. The van der Waals surface area contributed by atoms with Gasteiger partial charge in [-0.25, -0.2) is 4.68 Å². The van der Waals surface area contributed by atoms with E-state index in [1.54, 1.807) is 74.0 Å². The highest BCUT2D eigenvalue weighted by atomic mass is 16.5. The van der Waals surface area contributed by atoms with Gasteiger partial charge >= 0.3 is 0 Å². The van der Waals surface area contributed by atoms with Gasteiger partial charge in [0.2, 0.25) is 0 Å². The SMILES string of the molecule is COc1ccc2c(Oc3ccc(CC(=O)c4c(-c5ccncc5)n(C)n(-c5ccccc5)c4=O)nc3)ccnc2c1. The molecule has 0 atom stereocenters. The normalized spacial score (nSPS) is 11.0. The fraction of sp³-hybridized carbons (Fsp3) is 0.0938. The van der Waals surface area contributed by atoms with Crippen molar-refractivity contribution in [1.29, 1.82) is 0 Å². The van der Waals surface area contributed by atoms with Crippen LogP contribution in [0.5, 0.6) is 17.2 Å².